The highest BCUT2D eigenvalue weighted by Gasteiger charge is 1.98. The topological polar surface area (TPSA) is 80.4 Å². The first-order valence-electron chi connectivity index (χ1n) is 3.63. The van der Waals surface area contributed by atoms with Gasteiger partial charge in [-0.1, -0.05) is 13.8 Å². The van der Waals surface area contributed by atoms with Crippen LogP contribution in [0.5, 0.6) is 0 Å². The number of carbonyl (C=O) groups is 2. The van der Waals surface area contributed by atoms with Crippen LogP contribution in [0.3, 0.4) is 0 Å². The van der Waals surface area contributed by atoms with Gasteiger partial charge in [0, 0.05) is 12.8 Å². The van der Waals surface area contributed by atoms with E-state index in [1.165, 1.54) is 0 Å². The lowest BCUT2D eigenvalue weighted by Crippen LogP contribution is -2.10. The van der Waals surface area contributed by atoms with Crippen molar-refractivity contribution in [2.24, 2.45) is 5.73 Å². The Labute approximate surface area is 66.4 Å². The molecule has 4 nitrogen and oxygen atoms in total. The Morgan fingerprint density at radius 1 is 1.27 bits per heavy atom. The maximum atomic E-state index is 10.0. The van der Waals surface area contributed by atoms with Crippen LogP contribution >= 0.6 is 0 Å². The highest BCUT2D eigenvalue weighted by Crippen LogP contribution is 1.92. The Balaban J connectivity index is 0. The van der Waals surface area contributed by atoms with Crippen LogP contribution < -0.4 is 5.73 Å². The highest BCUT2D eigenvalue weighted by atomic mass is 16.4. The number of carbonyl (C=O) groups excluding carboxylic acids is 1. The summed E-state index contributed by atoms with van der Waals surface area (Å²) in [5, 5.41) is 8.07. The fraction of sp³-hybridized carbons (Fsp3) is 0.714. The average molecular weight is 161 g/mol. The summed E-state index contributed by atoms with van der Waals surface area (Å²) >= 11 is 0. The molecular weight excluding hydrogens is 146 g/mol. The molecule has 0 aliphatic carbocycles. The third-order valence-corrected chi connectivity index (χ3v) is 0.814. The lowest BCUT2D eigenvalue weighted by atomic mass is 10.2. The predicted molar refractivity (Wildman–Crippen MR) is 42.0 cm³/mol. The van der Waals surface area contributed by atoms with Gasteiger partial charge in [0.15, 0.2) is 0 Å². The maximum Gasteiger partial charge on any atom is 0.303 e. The Morgan fingerprint density at radius 3 is 2.00 bits per heavy atom. The van der Waals surface area contributed by atoms with Gasteiger partial charge in [0.25, 0.3) is 0 Å². The zero-order valence-electron chi connectivity index (χ0n) is 6.96. The number of aliphatic carboxylic acids is 1. The van der Waals surface area contributed by atoms with E-state index in [9.17, 15) is 9.59 Å². The Hall–Kier alpha value is -1.06. The molecule has 0 saturated carbocycles. The molecule has 0 radical (unpaired) electrons. The molecule has 0 heterocycles. The summed E-state index contributed by atoms with van der Waals surface area (Å²) < 4.78 is 0. The molecule has 0 bridgehead atoms. The van der Waals surface area contributed by atoms with Crippen LogP contribution in [0.25, 0.3) is 0 Å². The third kappa shape index (κ3) is 17.6. The second-order valence-electron chi connectivity index (χ2n) is 1.71. The summed E-state index contributed by atoms with van der Waals surface area (Å²) in [7, 11) is 0. The van der Waals surface area contributed by atoms with Crippen molar-refractivity contribution >= 4 is 11.9 Å². The molecule has 0 aliphatic rings. The summed E-state index contributed by atoms with van der Waals surface area (Å²) in [5.41, 5.74) is 4.75. The molecule has 0 unspecified atom stereocenters. The second-order valence-corrected chi connectivity index (χ2v) is 1.71. The smallest absolute Gasteiger partial charge is 0.303 e. The number of rotatable bonds is 4. The summed E-state index contributed by atoms with van der Waals surface area (Å²) in [6, 6.07) is 0. The van der Waals surface area contributed by atoms with Gasteiger partial charge < -0.3 is 10.8 Å². The van der Waals surface area contributed by atoms with E-state index in [-0.39, 0.29) is 12.8 Å². The van der Waals surface area contributed by atoms with Gasteiger partial charge in [-0.2, -0.15) is 0 Å². The lowest BCUT2D eigenvalue weighted by molar-refractivity contribution is -0.137. The van der Waals surface area contributed by atoms with Crippen molar-refractivity contribution in [3.8, 4) is 0 Å². The van der Waals surface area contributed by atoms with Crippen molar-refractivity contribution in [3.05, 3.63) is 0 Å². The summed E-state index contributed by atoms with van der Waals surface area (Å²) in [6.45, 7) is 4.00. The molecular formula is C7H15NO3. The van der Waals surface area contributed by atoms with Gasteiger partial charge in [-0.15, -0.1) is 0 Å². The van der Waals surface area contributed by atoms with Crippen molar-refractivity contribution in [3.63, 3.8) is 0 Å². The molecule has 0 fully saturated rings. The molecule has 0 rings (SSSR count). The summed E-state index contributed by atoms with van der Waals surface area (Å²) in [5.74, 6) is -1.34. The van der Waals surface area contributed by atoms with E-state index in [4.69, 9.17) is 10.8 Å². The van der Waals surface area contributed by atoms with Crippen LogP contribution in [-0.2, 0) is 9.59 Å². The van der Waals surface area contributed by atoms with Gasteiger partial charge in [0.05, 0.1) is 0 Å². The monoisotopic (exact) mass is 161 g/mol. The predicted octanol–water partition coefficient (Wildman–Crippen LogP) is 0.753. The molecule has 4 heteroatoms. The van der Waals surface area contributed by atoms with E-state index >= 15 is 0 Å². The number of carboxylic acid groups (broad SMARTS) is 1. The molecule has 3 N–H and O–H groups in total. The minimum Gasteiger partial charge on any atom is -0.481 e. The van der Waals surface area contributed by atoms with Gasteiger partial charge in [-0.3, -0.25) is 9.59 Å². The number of nitrogens with two attached hydrogens (primary N) is 1. The molecule has 0 atom stereocenters. The van der Waals surface area contributed by atoms with E-state index in [1.54, 1.807) is 0 Å². The molecule has 0 aromatic carbocycles. The van der Waals surface area contributed by atoms with Crippen molar-refractivity contribution < 1.29 is 14.7 Å². The molecule has 1 amide bonds. The van der Waals surface area contributed by atoms with Crippen LogP contribution in [0.15, 0.2) is 0 Å². The molecule has 0 aliphatic heterocycles. The molecule has 11 heavy (non-hydrogen) atoms. The van der Waals surface area contributed by atoms with Crippen molar-refractivity contribution in [2.45, 2.75) is 33.1 Å². The largest absolute Gasteiger partial charge is 0.481 e. The van der Waals surface area contributed by atoms with Crippen molar-refractivity contribution in [1.29, 1.82) is 0 Å². The average Bonchev–Trinajstić information content (AvgIpc) is 1.90. The number of primary amides is 1. The highest BCUT2D eigenvalue weighted by molar-refractivity contribution is 5.74. The third-order valence-electron chi connectivity index (χ3n) is 0.814. The SMILES string of the molecule is CC.NC(=O)CCCC(=O)O. The number of hydrogen-bond donors (Lipinski definition) is 2. The Bertz CT molecular complexity index is 109. The molecule has 0 aromatic heterocycles. The minimum atomic E-state index is -0.892. The molecule has 0 spiro atoms. The van der Waals surface area contributed by atoms with E-state index in [2.05, 4.69) is 0 Å². The molecule has 0 saturated heterocycles. The maximum absolute atomic E-state index is 10.0. The van der Waals surface area contributed by atoms with Crippen LogP contribution in [0.2, 0.25) is 0 Å². The minimum absolute atomic E-state index is 0.0168. The van der Waals surface area contributed by atoms with Crippen molar-refractivity contribution in [1.82, 2.24) is 0 Å². The fourth-order valence-electron chi connectivity index (χ4n) is 0.414. The first-order valence-corrected chi connectivity index (χ1v) is 3.63. The quantitative estimate of drug-likeness (QED) is 0.638. The molecule has 0 aromatic rings. The summed E-state index contributed by atoms with van der Waals surface area (Å²) in [6.07, 6.45) is 0.514. The van der Waals surface area contributed by atoms with Gasteiger partial charge in [0.2, 0.25) is 5.91 Å². The summed E-state index contributed by atoms with van der Waals surface area (Å²) in [4.78, 5) is 19.8. The fourth-order valence-corrected chi connectivity index (χ4v) is 0.414. The van der Waals surface area contributed by atoms with Crippen LogP contribution in [0.4, 0.5) is 0 Å². The van der Waals surface area contributed by atoms with Crippen LogP contribution in [0, 0.1) is 0 Å². The first kappa shape index (κ1) is 12.6. The number of carboxylic acids is 1. The van der Waals surface area contributed by atoms with E-state index in [1.807, 2.05) is 13.8 Å². The van der Waals surface area contributed by atoms with Gasteiger partial charge in [-0.05, 0) is 6.42 Å². The normalized spacial score (nSPS) is 7.82. The lowest BCUT2D eigenvalue weighted by Gasteiger charge is -1.89. The Kier molecular flexibility index (Phi) is 10.2. The van der Waals surface area contributed by atoms with E-state index < -0.39 is 11.9 Å². The van der Waals surface area contributed by atoms with Crippen LogP contribution in [-0.4, -0.2) is 17.0 Å². The van der Waals surface area contributed by atoms with E-state index in [0.717, 1.165) is 0 Å². The zero-order chi connectivity index (χ0) is 9.28. The van der Waals surface area contributed by atoms with E-state index in [0.29, 0.717) is 6.42 Å². The number of hydrogen-bond acceptors (Lipinski definition) is 2. The Morgan fingerprint density at radius 2 is 1.73 bits per heavy atom. The standard InChI is InChI=1S/C5H9NO3.C2H6/c6-4(7)2-1-3-5(8)9;1-2/h1-3H2,(H2,6,7)(H,8,9);1-2H3. The van der Waals surface area contributed by atoms with Gasteiger partial charge in [0.1, 0.15) is 0 Å². The second kappa shape index (κ2) is 8.94. The van der Waals surface area contributed by atoms with Crippen LogP contribution in [0.1, 0.15) is 33.1 Å². The zero-order valence-corrected chi connectivity index (χ0v) is 6.96. The van der Waals surface area contributed by atoms with Crippen molar-refractivity contribution in [2.75, 3.05) is 0 Å². The number of amides is 1. The first-order chi connectivity index (χ1) is 5.13. The molecule has 66 valence electrons. The van der Waals surface area contributed by atoms with Gasteiger partial charge in [-0.25, -0.2) is 0 Å². The van der Waals surface area contributed by atoms with Gasteiger partial charge >= 0.3 is 5.97 Å².